The molecule has 0 fully saturated rings. The summed E-state index contributed by atoms with van der Waals surface area (Å²) in [6.07, 6.45) is -2.82. The number of aromatic nitrogens is 4. The molecule has 0 radical (unpaired) electrons. The molecule has 1 amide bonds. The number of nitrogens with zero attached hydrogens (tertiary/aromatic N) is 4. The summed E-state index contributed by atoms with van der Waals surface area (Å²) in [6.45, 7) is 2.20. The highest BCUT2D eigenvalue weighted by atomic mass is 19.3. The quantitative estimate of drug-likeness (QED) is 0.366. The molecule has 7 nitrogen and oxygen atoms in total. The number of halogens is 4. The average molecular weight is 461 g/mol. The smallest absolute Gasteiger partial charge is 0.291 e. The van der Waals surface area contributed by atoms with Gasteiger partial charge in [-0.25, -0.2) is 17.6 Å². The maximum Gasteiger partial charge on any atom is 0.291 e. The van der Waals surface area contributed by atoms with Gasteiger partial charge in [0.15, 0.2) is 5.76 Å². The lowest BCUT2D eigenvalue weighted by Crippen LogP contribution is -2.10. The van der Waals surface area contributed by atoms with Crippen molar-refractivity contribution in [1.82, 2.24) is 19.6 Å². The number of nitrogens with one attached hydrogen (secondary N) is 1. The molecule has 1 N–H and O–H groups in total. The highest BCUT2D eigenvalue weighted by molar-refractivity contribution is 6.02. The second-order valence-electron chi connectivity index (χ2n) is 7.39. The summed E-state index contributed by atoms with van der Waals surface area (Å²) in [6, 6.07) is 11.4. The Morgan fingerprint density at radius 2 is 1.91 bits per heavy atom. The largest absolute Gasteiger partial charge is 0.454 e. The van der Waals surface area contributed by atoms with Crippen LogP contribution in [-0.4, -0.2) is 25.5 Å². The SMILES string of the molecule is Cc1cccc(Cn2cc(NC(=O)c3ccc(Cn4nc(C(F)F)cc4C(F)F)o3)cn2)c1. The van der Waals surface area contributed by atoms with Crippen molar-refractivity contribution >= 4 is 11.6 Å². The molecule has 3 aromatic heterocycles. The minimum absolute atomic E-state index is 0.0729. The number of amides is 1. The molecule has 1 aromatic carbocycles. The fourth-order valence-electron chi connectivity index (χ4n) is 3.30. The topological polar surface area (TPSA) is 77.9 Å². The first-order valence-electron chi connectivity index (χ1n) is 9.90. The third-order valence-corrected chi connectivity index (χ3v) is 4.79. The Morgan fingerprint density at radius 1 is 1.09 bits per heavy atom. The van der Waals surface area contributed by atoms with Crippen molar-refractivity contribution in [2.24, 2.45) is 0 Å². The number of carbonyl (C=O) groups is 1. The van der Waals surface area contributed by atoms with Gasteiger partial charge in [0.25, 0.3) is 18.8 Å². The first-order chi connectivity index (χ1) is 15.8. The molecular formula is C22H19F4N5O2. The first-order valence-corrected chi connectivity index (χ1v) is 9.90. The van der Waals surface area contributed by atoms with Crippen molar-refractivity contribution in [3.63, 3.8) is 0 Å². The predicted molar refractivity (Wildman–Crippen MR) is 110 cm³/mol. The van der Waals surface area contributed by atoms with Crippen LogP contribution in [0.15, 0.2) is 59.3 Å². The van der Waals surface area contributed by atoms with Gasteiger partial charge in [-0.05, 0) is 30.7 Å². The first kappa shape index (κ1) is 22.3. The molecule has 0 spiro atoms. The van der Waals surface area contributed by atoms with E-state index < -0.39 is 30.1 Å². The molecule has 4 aromatic rings. The number of rotatable bonds is 8. The number of hydrogen-bond donors (Lipinski definition) is 1. The molecule has 0 atom stereocenters. The monoisotopic (exact) mass is 461 g/mol. The number of carbonyl (C=O) groups excluding carboxylic acids is 1. The zero-order chi connectivity index (χ0) is 23.5. The third-order valence-electron chi connectivity index (χ3n) is 4.79. The number of hydrogen-bond acceptors (Lipinski definition) is 4. The maximum atomic E-state index is 13.1. The van der Waals surface area contributed by atoms with E-state index in [1.165, 1.54) is 18.3 Å². The predicted octanol–water partition coefficient (Wildman–Crippen LogP) is 5.21. The minimum atomic E-state index is -2.99. The molecule has 0 unspecified atom stereocenters. The van der Waals surface area contributed by atoms with E-state index in [0.29, 0.717) is 18.3 Å². The van der Waals surface area contributed by atoms with Crippen LogP contribution in [0, 0.1) is 6.92 Å². The van der Waals surface area contributed by atoms with Gasteiger partial charge in [-0.2, -0.15) is 10.2 Å². The van der Waals surface area contributed by atoms with Crippen molar-refractivity contribution in [2.45, 2.75) is 32.9 Å². The molecule has 0 saturated heterocycles. The van der Waals surface area contributed by atoms with Crippen LogP contribution in [0.2, 0.25) is 0 Å². The highest BCUT2D eigenvalue weighted by Crippen LogP contribution is 2.26. The molecule has 0 saturated carbocycles. The average Bonchev–Trinajstić information content (AvgIpc) is 3.48. The van der Waals surface area contributed by atoms with E-state index in [2.05, 4.69) is 15.5 Å². The molecule has 33 heavy (non-hydrogen) atoms. The van der Waals surface area contributed by atoms with E-state index in [-0.39, 0.29) is 18.1 Å². The van der Waals surface area contributed by atoms with Gasteiger partial charge < -0.3 is 9.73 Å². The Bertz CT molecular complexity index is 1260. The number of furan rings is 1. The lowest BCUT2D eigenvalue weighted by Gasteiger charge is -2.04. The van der Waals surface area contributed by atoms with Crippen molar-refractivity contribution < 1.29 is 26.8 Å². The molecule has 0 aliphatic rings. The van der Waals surface area contributed by atoms with Gasteiger partial charge in [-0.15, -0.1) is 0 Å². The van der Waals surface area contributed by atoms with Crippen molar-refractivity contribution in [3.05, 3.63) is 88.9 Å². The lowest BCUT2D eigenvalue weighted by molar-refractivity contribution is 0.0994. The molecule has 0 bridgehead atoms. The summed E-state index contributed by atoms with van der Waals surface area (Å²) < 4.78 is 59.7. The number of anilines is 1. The Morgan fingerprint density at radius 3 is 2.64 bits per heavy atom. The van der Waals surface area contributed by atoms with Gasteiger partial charge in [-0.3, -0.25) is 14.2 Å². The van der Waals surface area contributed by atoms with Gasteiger partial charge in [0.05, 0.1) is 25.0 Å². The van der Waals surface area contributed by atoms with Crippen LogP contribution < -0.4 is 5.32 Å². The lowest BCUT2D eigenvalue weighted by atomic mass is 10.1. The van der Waals surface area contributed by atoms with Crippen LogP contribution >= 0.6 is 0 Å². The molecular weight excluding hydrogens is 442 g/mol. The van der Waals surface area contributed by atoms with Crippen LogP contribution in [-0.2, 0) is 13.1 Å². The van der Waals surface area contributed by atoms with E-state index in [1.807, 2.05) is 31.2 Å². The van der Waals surface area contributed by atoms with E-state index in [9.17, 15) is 22.4 Å². The highest BCUT2D eigenvalue weighted by Gasteiger charge is 2.22. The van der Waals surface area contributed by atoms with Crippen LogP contribution in [0.1, 0.15) is 51.7 Å². The Balaban J connectivity index is 1.41. The van der Waals surface area contributed by atoms with Crippen molar-refractivity contribution in [1.29, 1.82) is 0 Å². The molecule has 172 valence electrons. The van der Waals surface area contributed by atoms with Crippen LogP contribution in [0.3, 0.4) is 0 Å². The van der Waals surface area contributed by atoms with Crippen LogP contribution in [0.25, 0.3) is 0 Å². The molecule has 3 heterocycles. The number of benzene rings is 1. The zero-order valence-corrected chi connectivity index (χ0v) is 17.4. The van der Waals surface area contributed by atoms with E-state index >= 15 is 0 Å². The maximum absolute atomic E-state index is 13.1. The summed E-state index contributed by atoms with van der Waals surface area (Å²) in [5.41, 5.74) is 1.22. The fraction of sp³-hybridized carbons (Fsp3) is 0.227. The van der Waals surface area contributed by atoms with Gasteiger partial charge in [0, 0.05) is 6.20 Å². The van der Waals surface area contributed by atoms with Gasteiger partial charge in [0.1, 0.15) is 17.1 Å². The second-order valence-corrected chi connectivity index (χ2v) is 7.39. The third kappa shape index (κ3) is 5.30. The summed E-state index contributed by atoms with van der Waals surface area (Å²) >= 11 is 0. The molecule has 0 aliphatic heterocycles. The van der Waals surface area contributed by atoms with E-state index in [0.717, 1.165) is 15.8 Å². The Labute approximate surface area is 185 Å². The summed E-state index contributed by atoms with van der Waals surface area (Å²) in [5, 5.41) is 10.4. The molecule has 11 heteroatoms. The summed E-state index contributed by atoms with van der Waals surface area (Å²) in [5.74, 6) is -0.531. The summed E-state index contributed by atoms with van der Waals surface area (Å²) in [4.78, 5) is 12.5. The van der Waals surface area contributed by atoms with E-state index in [1.54, 1.807) is 10.9 Å². The van der Waals surface area contributed by atoms with Gasteiger partial charge >= 0.3 is 0 Å². The fourth-order valence-corrected chi connectivity index (χ4v) is 3.30. The van der Waals surface area contributed by atoms with Crippen molar-refractivity contribution in [2.75, 3.05) is 5.32 Å². The standard InChI is InChI=1S/C22H19F4N5O2/c1-13-3-2-4-14(7-13)10-30-11-15(9-27-30)28-22(32)19-6-5-16(33-19)12-31-18(21(25)26)8-17(29-31)20(23)24/h2-9,11,20-21H,10,12H2,1H3,(H,28,32). The molecule has 0 aliphatic carbocycles. The van der Waals surface area contributed by atoms with E-state index in [4.69, 9.17) is 4.42 Å². The summed E-state index contributed by atoms with van der Waals surface area (Å²) in [7, 11) is 0. The van der Waals surface area contributed by atoms with Crippen LogP contribution in [0.5, 0.6) is 0 Å². The van der Waals surface area contributed by atoms with Gasteiger partial charge in [0.2, 0.25) is 0 Å². The zero-order valence-electron chi connectivity index (χ0n) is 17.4. The van der Waals surface area contributed by atoms with Gasteiger partial charge in [-0.1, -0.05) is 29.8 Å². The van der Waals surface area contributed by atoms with Crippen molar-refractivity contribution in [3.8, 4) is 0 Å². The Hall–Kier alpha value is -3.89. The second kappa shape index (κ2) is 9.31. The molecule has 4 rings (SSSR count). The minimum Gasteiger partial charge on any atom is -0.454 e. The Kier molecular flexibility index (Phi) is 6.29. The number of aryl methyl sites for hydroxylation is 1. The normalized spacial score (nSPS) is 11.5. The van der Waals surface area contributed by atoms with Crippen LogP contribution in [0.4, 0.5) is 23.2 Å². The number of alkyl halides is 4.